The topological polar surface area (TPSA) is 61.9 Å². The van der Waals surface area contributed by atoms with Gasteiger partial charge in [0.15, 0.2) is 0 Å². The number of amides is 2. The van der Waals surface area contributed by atoms with Crippen LogP contribution in [0.5, 0.6) is 0 Å². The van der Waals surface area contributed by atoms with Gasteiger partial charge in [0.25, 0.3) is 0 Å². The Bertz CT molecular complexity index is 642. The quantitative estimate of drug-likeness (QED) is 0.922. The molecule has 6 nitrogen and oxygen atoms in total. The molecule has 1 atom stereocenters. The predicted molar refractivity (Wildman–Crippen MR) is 84.0 cm³/mol. The van der Waals surface area contributed by atoms with Crippen LogP contribution in [0, 0.1) is 0 Å². The molecule has 0 aliphatic carbocycles. The highest BCUT2D eigenvalue weighted by Gasteiger charge is 2.32. The van der Waals surface area contributed by atoms with Gasteiger partial charge in [-0.15, -0.1) is 0 Å². The molecule has 2 amide bonds. The van der Waals surface area contributed by atoms with Crippen molar-refractivity contribution in [1.82, 2.24) is 5.32 Å². The zero-order valence-corrected chi connectivity index (χ0v) is 12.7. The Kier molecular flexibility index (Phi) is 3.75. The monoisotopic (exact) mass is 301 g/mol. The van der Waals surface area contributed by atoms with E-state index < -0.39 is 0 Å². The first-order valence-electron chi connectivity index (χ1n) is 7.29. The van der Waals surface area contributed by atoms with E-state index in [1.807, 2.05) is 31.4 Å². The van der Waals surface area contributed by atoms with E-state index >= 15 is 0 Å². The van der Waals surface area contributed by atoms with Gasteiger partial charge in [0.2, 0.25) is 5.91 Å². The lowest BCUT2D eigenvalue weighted by molar-refractivity contribution is -0.119. The van der Waals surface area contributed by atoms with Gasteiger partial charge < -0.3 is 15.0 Å². The summed E-state index contributed by atoms with van der Waals surface area (Å²) in [5.41, 5.74) is 3.16. The summed E-state index contributed by atoms with van der Waals surface area (Å²) in [6, 6.07) is 5.97. The molecule has 0 saturated carbocycles. The van der Waals surface area contributed by atoms with Crippen LogP contribution in [0.3, 0.4) is 0 Å². The highest BCUT2D eigenvalue weighted by atomic mass is 16.6. The third-order valence-electron chi connectivity index (χ3n) is 3.87. The Morgan fingerprint density at radius 2 is 2.27 bits per heavy atom. The van der Waals surface area contributed by atoms with Crippen molar-refractivity contribution in [3.05, 3.63) is 36.0 Å². The fraction of sp³-hybridized carbons (Fsp3) is 0.375. The molecule has 2 aliphatic heterocycles. The number of anilines is 2. The fourth-order valence-corrected chi connectivity index (χ4v) is 2.76. The van der Waals surface area contributed by atoms with Crippen LogP contribution in [0.15, 0.2) is 30.5 Å². The number of ether oxygens (including phenoxy) is 1. The van der Waals surface area contributed by atoms with Crippen LogP contribution in [0.1, 0.15) is 12.5 Å². The van der Waals surface area contributed by atoms with Crippen molar-refractivity contribution in [2.24, 2.45) is 0 Å². The second kappa shape index (κ2) is 5.71. The van der Waals surface area contributed by atoms with Gasteiger partial charge in [0, 0.05) is 31.5 Å². The van der Waals surface area contributed by atoms with Gasteiger partial charge in [-0.2, -0.15) is 0 Å². The Morgan fingerprint density at radius 3 is 3.05 bits per heavy atom. The van der Waals surface area contributed by atoms with E-state index in [2.05, 4.69) is 16.3 Å². The number of rotatable bonds is 3. The molecule has 1 saturated heterocycles. The molecule has 0 aromatic heterocycles. The molecule has 1 aromatic rings. The number of cyclic esters (lactones) is 1. The molecule has 0 radical (unpaired) electrons. The molecule has 116 valence electrons. The number of nitrogens with one attached hydrogen (secondary N) is 1. The second-order valence-corrected chi connectivity index (χ2v) is 5.57. The lowest BCUT2D eigenvalue weighted by Gasteiger charge is -2.24. The van der Waals surface area contributed by atoms with Crippen molar-refractivity contribution in [3.63, 3.8) is 0 Å². The number of hydrogen-bond acceptors (Lipinski definition) is 4. The molecule has 1 aromatic carbocycles. The molecule has 0 unspecified atom stereocenters. The molecule has 22 heavy (non-hydrogen) atoms. The minimum atomic E-state index is -0.366. The lowest BCUT2D eigenvalue weighted by Crippen LogP contribution is -2.33. The summed E-state index contributed by atoms with van der Waals surface area (Å²) in [5.74, 6) is -0.127. The van der Waals surface area contributed by atoms with E-state index in [1.54, 1.807) is 4.90 Å². The molecular formula is C16H19N3O3. The number of carbonyl (C=O) groups is 2. The Balaban J connectivity index is 1.75. The first-order chi connectivity index (χ1) is 10.5. The van der Waals surface area contributed by atoms with Crippen LogP contribution < -0.4 is 15.1 Å². The maximum atomic E-state index is 12.0. The first-order valence-corrected chi connectivity index (χ1v) is 7.29. The summed E-state index contributed by atoms with van der Waals surface area (Å²) >= 11 is 0. The molecule has 0 bridgehead atoms. The Labute approximate surface area is 129 Å². The van der Waals surface area contributed by atoms with Gasteiger partial charge in [-0.1, -0.05) is 6.08 Å². The van der Waals surface area contributed by atoms with Gasteiger partial charge >= 0.3 is 6.09 Å². The number of allylic oxidation sites excluding steroid dienone is 1. The van der Waals surface area contributed by atoms with Crippen molar-refractivity contribution >= 4 is 23.4 Å². The minimum absolute atomic E-state index is 0.127. The molecule has 1 fully saturated rings. The normalized spacial score (nSPS) is 19.9. The summed E-state index contributed by atoms with van der Waals surface area (Å²) in [4.78, 5) is 26.7. The van der Waals surface area contributed by atoms with Crippen molar-refractivity contribution in [1.29, 1.82) is 0 Å². The number of carbonyl (C=O) groups excluding carboxylic acids is 2. The highest BCUT2D eigenvalue weighted by molar-refractivity contribution is 5.90. The van der Waals surface area contributed by atoms with Gasteiger partial charge in [0.05, 0.1) is 13.1 Å². The Hall–Kier alpha value is -2.50. The van der Waals surface area contributed by atoms with Crippen molar-refractivity contribution in [2.75, 3.05) is 29.9 Å². The van der Waals surface area contributed by atoms with E-state index in [-0.39, 0.29) is 18.1 Å². The number of hydrogen-bond donors (Lipinski definition) is 1. The molecule has 1 N–H and O–H groups in total. The average molecular weight is 301 g/mol. The van der Waals surface area contributed by atoms with Gasteiger partial charge in [0.1, 0.15) is 6.10 Å². The minimum Gasteiger partial charge on any atom is -0.442 e. The highest BCUT2D eigenvalue weighted by Crippen LogP contribution is 2.30. The molecule has 2 aliphatic rings. The molecule has 3 rings (SSSR count). The maximum absolute atomic E-state index is 12.0. The largest absolute Gasteiger partial charge is 0.442 e. The van der Waals surface area contributed by atoms with Crippen LogP contribution in [0.25, 0.3) is 0 Å². The van der Waals surface area contributed by atoms with E-state index in [0.717, 1.165) is 17.8 Å². The SMILES string of the molecule is CC(=O)NC[C@H]1CN(c2ccc3c(c2)CC=CN3C)C(=O)O1. The van der Waals surface area contributed by atoms with Crippen LogP contribution in [-0.2, 0) is 16.0 Å². The van der Waals surface area contributed by atoms with Crippen molar-refractivity contribution in [3.8, 4) is 0 Å². The summed E-state index contributed by atoms with van der Waals surface area (Å²) in [6.45, 7) is 2.24. The molecule has 2 heterocycles. The van der Waals surface area contributed by atoms with Crippen LogP contribution >= 0.6 is 0 Å². The van der Waals surface area contributed by atoms with Crippen molar-refractivity contribution in [2.45, 2.75) is 19.4 Å². The predicted octanol–water partition coefficient (Wildman–Crippen LogP) is 1.65. The van der Waals surface area contributed by atoms with Gasteiger partial charge in [-0.3, -0.25) is 9.69 Å². The van der Waals surface area contributed by atoms with E-state index in [4.69, 9.17) is 4.74 Å². The summed E-state index contributed by atoms with van der Waals surface area (Å²) in [7, 11) is 2.00. The zero-order valence-electron chi connectivity index (χ0n) is 12.7. The standard InChI is InChI=1S/C16H19N3O3/c1-11(20)17-9-14-10-19(16(21)22-14)13-5-6-15-12(8-13)4-3-7-18(15)2/h3,5-8,14H,4,9-10H2,1-2H3,(H,17,20)/t14-/m0/s1. The van der Waals surface area contributed by atoms with Crippen molar-refractivity contribution < 1.29 is 14.3 Å². The van der Waals surface area contributed by atoms with Gasteiger partial charge in [-0.25, -0.2) is 4.79 Å². The van der Waals surface area contributed by atoms with Gasteiger partial charge in [-0.05, 0) is 30.2 Å². The van der Waals surface area contributed by atoms with E-state index in [1.165, 1.54) is 12.5 Å². The molecule has 0 spiro atoms. The number of nitrogens with zero attached hydrogens (tertiary/aromatic N) is 2. The third-order valence-corrected chi connectivity index (χ3v) is 3.87. The number of fused-ring (bicyclic) bond motifs is 1. The molecule has 6 heteroatoms. The summed E-state index contributed by atoms with van der Waals surface area (Å²) < 4.78 is 5.29. The average Bonchev–Trinajstić information content (AvgIpc) is 2.86. The second-order valence-electron chi connectivity index (χ2n) is 5.57. The maximum Gasteiger partial charge on any atom is 0.414 e. The molecular weight excluding hydrogens is 282 g/mol. The smallest absolute Gasteiger partial charge is 0.414 e. The Morgan fingerprint density at radius 1 is 1.45 bits per heavy atom. The zero-order chi connectivity index (χ0) is 15.7. The summed E-state index contributed by atoms with van der Waals surface area (Å²) in [5, 5.41) is 2.68. The van der Waals surface area contributed by atoms with E-state index in [9.17, 15) is 9.59 Å². The third kappa shape index (κ3) is 2.77. The van der Waals surface area contributed by atoms with E-state index in [0.29, 0.717) is 13.1 Å². The van der Waals surface area contributed by atoms with Crippen LogP contribution in [0.2, 0.25) is 0 Å². The lowest BCUT2D eigenvalue weighted by atomic mass is 10.0. The first kappa shape index (κ1) is 14.4. The number of benzene rings is 1. The van der Waals surface area contributed by atoms with Crippen LogP contribution in [0.4, 0.5) is 16.2 Å². The van der Waals surface area contributed by atoms with Crippen LogP contribution in [-0.4, -0.2) is 38.2 Å². The fourth-order valence-electron chi connectivity index (χ4n) is 2.76. The summed E-state index contributed by atoms with van der Waals surface area (Å²) in [6.07, 6.45) is 4.31.